The second kappa shape index (κ2) is 16.7. The molecule has 0 aliphatic rings. The second-order valence-corrected chi connectivity index (χ2v) is 11.4. The van der Waals surface area contributed by atoms with E-state index in [2.05, 4.69) is 24.3 Å². The predicted molar refractivity (Wildman–Crippen MR) is 140 cm³/mol. The molecule has 1 aromatic rings. The minimum absolute atomic E-state index is 0.491. The standard InChI is InChI=1S/C30H54O2/c1-29(2,31)25-17-13-9-5-7-11-15-19-27-21-23-28(24-22-27)20-16-12-8-6-10-14-18-26-30(3,4)32/h21-24,31-32H,5-20,25-26H2,1-4H3. The number of rotatable bonds is 20. The van der Waals surface area contributed by atoms with Crippen LogP contribution in [0.3, 0.4) is 0 Å². The number of hydrogen-bond donors (Lipinski definition) is 2. The van der Waals surface area contributed by atoms with Gasteiger partial charge in [-0.15, -0.1) is 0 Å². The molecule has 0 bridgehead atoms. The Morgan fingerprint density at radius 1 is 0.438 bits per heavy atom. The normalized spacial score (nSPS) is 12.4. The number of hydrogen-bond acceptors (Lipinski definition) is 2. The van der Waals surface area contributed by atoms with Crippen molar-refractivity contribution in [1.29, 1.82) is 0 Å². The van der Waals surface area contributed by atoms with Crippen molar-refractivity contribution in [2.24, 2.45) is 0 Å². The summed E-state index contributed by atoms with van der Waals surface area (Å²) in [5.74, 6) is 0. The third-order valence-corrected chi connectivity index (χ3v) is 6.53. The van der Waals surface area contributed by atoms with Gasteiger partial charge in [0.25, 0.3) is 0 Å². The highest BCUT2D eigenvalue weighted by Gasteiger charge is 2.11. The summed E-state index contributed by atoms with van der Waals surface area (Å²) in [5.41, 5.74) is 2.00. The van der Waals surface area contributed by atoms with Crippen LogP contribution in [0.15, 0.2) is 24.3 Å². The first-order valence-corrected chi connectivity index (χ1v) is 13.7. The first-order chi connectivity index (χ1) is 15.2. The van der Waals surface area contributed by atoms with E-state index in [0.29, 0.717) is 0 Å². The molecule has 1 aromatic carbocycles. The molecule has 0 atom stereocenters. The summed E-state index contributed by atoms with van der Waals surface area (Å²) in [6, 6.07) is 9.37. The maximum absolute atomic E-state index is 9.73. The minimum Gasteiger partial charge on any atom is -0.390 e. The van der Waals surface area contributed by atoms with Gasteiger partial charge in [-0.25, -0.2) is 0 Å². The molecular weight excluding hydrogens is 392 g/mol. The zero-order valence-electron chi connectivity index (χ0n) is 21.9. The Labute approximate surface area is 200 Å². The summed E-state index contributed by atoms with van der Waals surface area (Å²) in [5, 5.41) is 19.5. The van der Waals surface area contributed by atoms with Crippen LogP contribution in [0.2, 0.25) is 0 Å². The van der Waals surface area contributed by atoms with E-state index in [0.717, 1.165) is 25.7 Å². The molecule has 0 spiro atoms. The molecule has 0 saturated carbocycles. The molecule has 0 saturated heterocycles. The van der Waals surface area contributed by atoms with Crippen molar-refractivity contribution >= 4 is 0 Å². The van der Waals surface area contributed by atoms with Crippen LogP contribution in [-0.4, -0.2) is 21.4 Å². The van der Waals surface area contributed by atoms with E-state index in [-0.39, 0.29) is 0 Å². The summed E-state index contributed by atoms with van der Waals surface area (Å²) < 4.78 is 0. The average molecular weight is 447 g/mol. The van der Waals surface area contributed by atoms with E-state index in [4.69, 9.17) is 0 Å². The van der Waals surface area contributed by atoms with Crippen LogP contribution < -0.4 is 0 Å². The quantitative estimate of drug-likeness (QED) is 0.197. The van der Waals surface area contributed by atoms with Crippen LogP contribution in [0.4, 0.5) is 0 Å². The molecule has 2 heteroatoms. The van der Waals surface area contributed by atoms with E-state index in [1.165, 1.54) is 101 Å². The summed E-state index contributed by atoms with van der Waals surface area (Å²) in [6.45, 7) is 7.63. The number of unbranched alkanes of at least 4 members (excludes halogenated alkanes) is 12. The molecule has 32 heavy (non-hydrogen) atoms. The van der Waals surface area contributed by atoms with Crippen LogP contribution >= 0.6 is 0 Å². The van der Waals surface area contributed by atoms with E-state index >= 15 is 0 Å². The van der Waals surface area contributed by atoms with Crippen molar-refractivity contribution in [2.45, 2.75) is 154 Å². The van der Waals surface area contributed by atoms with Crippen LogP contribution in [0.25, 0.3) is 0 Å². The topological polar surface area (TPSA) is 40.5 Å². The van der Waals surface area contributed by atoms with Crippen molar-refractivity contribution in [3.05, 3.63) is 35.4 Å². The maximum atomic E-state index is 9.73. The average Bonchev–Trinajstić information content (AvgIpc) is 2.70. The molecule has 1 rings (SSSR count). The molecule has 2 N–H and O–H groups in total. The number of aliphatic hydroxyl groups is 2. The molecule has 186 valence electrons. The van der Waals surface area contributed by atoms with E-state index in [9.17, 15) is 10.2 Å². The molecule has 0 heterocycles. The Morgan fingerprint density at radius 2 is 0.688 bits per heavy atom. The molecule has 2 nitrogen and oxygen atoms in total. The smallest absolute Gasteiger partial charge is 0.0591 e. The Hall–Kier alpha value is -0.860. The highest BCUT2D eigenvalue weighted by molar-refractivity contribution is 5.22. The Balaban J connectivity index is 1.95. The van der Waals surface area contributed by atoms with Crippen LogP contribution in [-0.2, 0) is 12.8 Å². The van der Waals surface area contributed by atoms with Crippen molar-refractivity contribution in [1.82, 2.24) is 0 Å². The third-order valence-electron chi connectivity index (χ3n) is 6.53. The first-order valence-electron chi connectivity index (χ1n) is 13.7. The van der Waals surface area contributed by atoms with Gasteiger partial charge in [0.2, 0.25) is 0 Å². The van der Waals surface area contributed by atoms with Crippen LogP contribution in [0.5, 0.6) is 0 Å². The van der Waals surface area contributed by atoms with Crippen molar-refractivity contribution < 1.29 is 10.2 Å². The van der Waals surface area contributed by atoms with Crippen molar-refractivity contribution in [3.8, 4) is 0 Å². The van der Waals surface area contributed by atoms with Gasteiger partial charge in [0, 0.05) is 0 Å². The van der Waals surface area contributed by atoms with Gasteiger partial charge in [-0.3, -0.25) is 0 Å². The molecule has 0 unspecified atom stereocenters. The molecule has 0 aromatic heterocycles. The zero-order valence-corrected chi connectivity index (χ0v) is 21.9. The van der Waals surface area contributed by atoms with Gasteiger partial charge in [-0.1, -0.05) is 101 Å². The van der Waals surface area contributed by atoms with Crippen molar-refractivity contribution in [2.75, 3.05) is 0 Å². The Bertz CT molecular complexity index is 497. The Kier molecular flexibility index (Phi) is 15.2. The highest BCUT2D eigenvalue weighted by Crippen LogP contribution is 2.17. The largest absolute Gasteiger partial charge is 0.390 e. The SMILES string of the molecule is CC(C)(O)CCCCCCCCCc1ccc(CCCCCCCCCC(C)(C)O)cc1. The molecule has 0 aliphatic heterocycles. The van der Waals surface area contributed by atoms with Gasteiger partial charge in [0.1, 0.15) is 0 Å². The predicted octanol–water partition coefficient (Wildman–Crippen LogP) is 8.56. The number of aryl methyl sites for hydroxylation is 2. The van der Waals surface area contributed by atoms with Gasteiger partial charge < -0.3 is 10.2 Å². The summed E-state index contributed by atoms with van der Waals surface area (Å²) >= 11 is 0. The molecule has 0 amide bonds. The maximum Gasteiger partial charge on any atom is 0.0591 e. The summed E-state index contributed by atoms with van der Waals surface area (Å²) in [6.07, 6.45) is 22.4. The van der Waals surface area contributed by atoms with Gasteiger partial charge >= 0.3 is 0 Å². The summed E-state index contributed by atoms with van der Waals surface area (Å²) in [4.78, 5) is 0. The van der Waals surface area contributed by atoms with Gasteiger partial charge in [-0.05, 0) is 77.3 Å². The fourth-order valence-corrected chi connectivity index (χ4v) is 4.41. The second-order valence-electron chi connectivity index (χ2n) is 11.4. The van der Waals surface area contributed by atoms with Gasteiger partial charge in [0.15, 0.2) is 0 Å². The summed E-state index contributed by atoms with van der Waals surface area (Å²) in [7, 11) is 0. The van der Waals surface area contributed by atoms with E-state index in [1.807, 2.05) is 27.7 Å². The molecule has 0 fully saturated rings. The van der Waals surface area contributed by atoms with Gasteiger partial charge in [-0.2, -0.15) is 0 Å². The lowest BCUT2D eigenvalue weighted by Gasteiger charge is -2.16. The number of benzene rings is 1. The van der Waals surface area contributed by atoms with Crippen LogP contribution in [0, 0.1) is 0 Å². The Morgan fingerprint density at radius 3 is 0.969 bits per heavy atom. The molecular formula is C30H54O2. The minimum atomic E-state index is -0.491. The van der Waals surface area contributed by atoms with Crippen LogP contribution in [0.1, 0.15) is 142 Å². The fraction of sp³-hybridized carbons (Fsp3) is 0.800. The zero-order chi connectivity index (χ0) is 23.7. The first kappa shape index (κ1) is 29.2. The van der Waals surface area contributed by atoms with Crippen molar-refractivity contribution in [3.63, 3.8) is 0 Å². The monoisotopic (exact) mass is 446 g/mol. The lowest BCUT2D eigenvalue weighted by molar-refractivity contribution is 0.0674. The lowest BCUT2D eigenvalue weighted by atomic mass is 9.98. The molecule has 0 radical (unpaired) electrons. The fourth-order valence-electron chi connectivity index (χ4n) is 4.41. The van der Waals surface area contributed by atoms with Gasteiger partial charge in [0.05, 0.1) is 11.2 Å². The van der Waals surface area contributed by atoms with E-state index in [1.54, 1.807) is 0 Å². The third kappa shape index (κ3) is 18.7. The molecule has 0 aliphatic carbocycles. The van der Waals surface area contributed by atoms with E-state index < -0.39 is 11.2 Å². The highest BCUT2D eigenvalue weighted by atomic mass is 16.3. The lowest BCUT2D eigenvalue weighted by Crippen LogP contribution is -2.17.